The summed E-state index contributed by atoms with van der Waals surface area (Å²) in [5.41, 5.74) is 3.03. The first-order chi connectivity index (χ1) is 13.2. The summed E-state index contributed by atoms with van der Waals surface area (Å²) in [5, 5.41) is 3.93. The van der Waals surface area contributed by atoms with Crippen LogP contribution in [0.2, 0.25) is 0 Å². The first-order valence-corrected chi connectivity index (χ1v) is 9.00. The lowest BCUT2D eigenvalue weighted by Crippen LogP contribution is -2.43. The number of benzene rings is 1. The topological polar surface area (TPSA) is 84.1 Å². The fraction of sp³-hybridized carbons (Fsp3) is 0.286. The van der Waals surface area contributed by atoms with Crippen molar-refractivity contribution in [3.63, 3.8) is 0 Å². The molecule has 0 aliphatic heterocycles. The monoisotopic (exact) mass is 363 g/mol. The maximum Gasteiger partial charge on any atom is 0.328 e. The molecule has 1 aliphatic carbocycles. The number of H-pyrrole nitrogens is 1. The van der Waals surface area contributed by atoms with Gasteiger partial charge in [-0.1, -0.05) is 24.3 Å². The van der Waals surface area contributed by atoms with Gasteiger partial charge in [0.25, 0.3) is 0 Å². The maximum atomic E-state index is 12.7. The number of carbonyl (C=O) groups excluding carboxylic acids is 2. The number of fused-ring (bicyclic) bond motifs is 1. The Kier molecular flexibility index (Phi) is 4.62. The van der Waals surface area contributed by atoms with Crippen molar-refractivity contribution in [1.82, 2.24) is 15.3 Å². The van der Waals surface area contributed by atoms with Gasteiger partial charge in [0.1, 0.15) is 6.04 Å². The number of nitrogens with zero attached hydrogens (tertiary/aromatic N) is 1. The zero-order valence-electron chi connectivity index (χ0n) is 15.0. The molecule has 0 bridgehead atoms. The Morgan fingerprint density at radius 3 is 2.93 bits per heavy atom. The molecule has 2 heterocycles. The normalized spacial score (nSPS) is 19.4. The van der Waals surface area contributed by atoms with E-state index < -0.39 is 12.0 Å². The Labute approximate surface area is 156 Å². The Balaban J connectivity index is 1.47. The highest BCUT2D eigenvalue weighted by atomic mass is 16.5. The van der Waals surface area contributed by atoms with Crippen molar-refractivity contribution < 1.29 is 14.3 Å². The van der Waals surface area contributed by atoms with E-state index in [9.17, 15) is 9.59 Å². The molecule has 138 valence electrons. The molecule has 0 radical (unpaired) electrons. The minimum Gasteiger partial charge on any atom is -0.467 e. The number of methoxy groups -OCH3 is 1. The molecule has 0 unspecified atom stereocenters. The molecule has 6 heteroatoms. The Morgan fingerprint density at radius 2 is 2.15 bits per heavy atom. The van der Waals surface area contributed by atoms with Crippen molar-refractivity contribution >= 4 is 22.8 Å². The fourth-order valence-corrected chi connectivity index (χ4v) is 3.58. The van der Waals surface area contributed by atoms with Crippen molar-refractivity contribution in [3.8, 4) is 0 Å². The second-order valence-electron chi connectivity index (χ2n) is 6.88. The lowest BCUT2D eigenvalue weighted by Gasteiger charge is -2.16. The summed E-state index contributed by atoms with van der Waals surface area (Å²) in [6.45, 7) is 0. The van der Waals surface area contributed by atoms with Crippen LogP contribution in [-0.4, -0.2) is 35.0 Å². The standard InChI is InChI=1S/C21H21N3O3/c1-27-21(26)19(9-14-12-23-18-7-3-2-6-15(14)18)24-20(25)17-10-16(17)13-5-4-8-22-11-13/h2-8,11-12,16-17,19,23H,9-10H2,1H3,(H,24,25)/t16-,17+,19-/m1/s1. The number of nitrogens with one attached hydrogen (secondary N) is 2. The SMILES string of the molecule is COC(=O)[C@@H](Cc1c[nH]c2ccccc12)NC(=O)[C@H]1C[C@@H]1c1cccnc1. The van der Waals surface area contributed by atoms with Crippen LogP contribution in [0.25, 0.3) is 10.9 Å². The van der Waals surface area contributed by atoms with Crippen LogP contribution >= 0.6 is 0 Å². The third-order valence-electron chi connectivity index (χ3n) is 5.14. The highest BCUT2D eigenvalue weighted by Crippen LogP contribution is 2.47. The van der Waals surface area contributed by atoms with Crippen LogP contribution in [0.4, 0.5) is 0 Å². The number of amides is 1. The van der Waals surface area contributed by atoms with Gasteiger partial charge in [-0.3, -0.25) is 9.78 Å². The molecule has 4 rings (SSSR count). The molecule has 6 nitrogen and oxygen atoms in total. The number of aromatic nitrogens is 2. The van der Waals surface area contributed by atoms with E-state index in [0.717, 1.165) is 28.5 Å². The number of para-hydroxylation sites is 1. The first kappa shape index (κ1) is 17.3. The molecule has 27 heavy (non-hydrogen) atoms. The maximum absolute atomic E-state index is 12.7. The predicted molar refractivity (Wildman–Crippen MR) is 101 cm³/mol. The van der Waals surface area contributed by atoms with E-state index >= 15 is 0 Å². The average molecular weight is 363 g/mol. The summed E-state index contributed by atoms with van der Waals surface area (Å²) < 4.78 is 4.91. The number of hydrogen-bond acceptors (Lipinski definition) is 4. The number of rotatable bonds is 6. The van der Waals surface area contributed by atoms with Gasteiger partial charge in [-0.2, -0.15) is 0 Å². The van der Waals surface area contributed by atoms with Crippen LogP contribution in [0.3, 0.4) is 0 Å². The quantitative estimate of drug-likeness (QED) is 0.659. The summed E-state index contributed by atoms with van der Waals surface area (Å²) in [5.74, 6) is -0.499. The summed E-state index contributed by atoms with van der Waals surface area (Å²) >= 11 is 0. The molecule has 2 aromatic heterocycles. The van der Waals surface area contributed by atoms with E-state index in [1.165, 1.54) is 7.11 Å². The van der Waals surface area contributed by atoms with Crippen molar-refractivity contribution in [2.75, 3.05) is 7.11 Å². The minimum absolute atomic E-state index is 0.112. The number of pyridine rings is 1. The third-order valence-corrected chi connectivity index (χ3v) is 5.14. The number of carbonyl (C=O) groups is 2. The lowest BCUT2D eigenvalue weighted by atomic mass is 10.0. The van der Waals surface area contributed by atoms with E-state index in [4.69, 9.17) is 4.74 Å². The van der Waals surface area contributed by atoms with Crippen molar-refractivity contribution in [2.24, 2.45) is 5.92 Å². The van der Waals surface area contributed by atoms with Gasteiger partial charge in [-0.25, -0.2) is 4.79 Å². The summed E-state index contributed by atoms with van der Waals surface area (Å²) in [7, 11) is 1.34. The minimum atomic E-state index is -0.711. The van der Waals surface area contributed by atoms with Crippen LogP contribution in [0.1, 0.15) is 23.5 Å². The van der Waals surface area contributed by atoms with Crippen LogP contribution in [0.5, 0.6) is 0 Å². The van der Waals surface area contributed by atoms with Gasteiger partial charge in [0.15, 0.2) is 0 Å². The van der Waals surface area contributed by atoms with Crippen LogP contribution in [0.15, 0.2) is 55.0 Å². The molecule has 1 aromatic carbocycles. The van der Waals surface area contributed by atoms with Crippen LogP contribution < -0.4 is 5.32 Å². The van der Waals surface area contributed by atoms with E-state index in [1.807, 2.05) is 42.6 Å². The number of hydrogen-bond donors (Lipinski definition) is 2. The largest absolute Gasteiger partial charge is 0.467 e. The van der Waals surface area contributed by atoms with E-state index in [1.54, 1.807) is 12.4 Å². The van der Waals surface area contributed by atoms with E-state index in [0.29, 0.717) is 6.42 Å². The van der Waals surface area contributed by atoms with Gasteiger partial charge in [0.2, 0.25) is 5.91 Å². The zero-order valence-corrected chi connectivity index (χ0v) is 15.0. The number of aromatic amines is 1. The van der Waals surface area contributed by atoms with Crippen LogP contribution in [-0.2, 0) is 20.7 Å². The second-order valence-corrected chi connectivity index (χ2v) is 6.88. The van der Waals surface area contributed by atoms with Gasteiger partial charge in [-0.05, 0) is 35.6 Å². The second kappa shape index (κ2) is 7.23. The zero-order chi connectivity index (χ0) is 18.8. The molecule has 3 aromatic rings. The number of ether oxygens (including phenoxy) is 1. The molecular weight excluding hydrogens is 342 g/mol. The molecule has 0 saturated heterocycles. The average Bonchev–Trinajstić information content (AvgIpc) is 3.42. The Bertz CT molecular complexity index is 967. The Hall–Kier alpha value is -3.15. The van der Waals surface area contributed by atoms with E-state index in [2.05, 4.69) is 15.3 Å². The highest BCUT2D eigenvalue weighted by Gasteiger charge is 2.45. The van der Waals surface area contributed by atoms with Crippen molar-refractivity contribution in [3.05, 3.63) is 66.1 Å². The summed E-state index contributed by atoms with van der Waals surface area (Å²) in [6, 6.07) is 11.0. The predicted octanol–water partition coefficient (Wildman–Crippen LogP) is 2.57. The van der Waals surface area contributed by atoms with Gasteiger partial charge < -0.3 is 15.0 Å². The molecule has 1 fully saturated rings. The molecule has 1 saturated carbocycles. The molecule has 0 spiro atoms. The molecule has 1 amide bonds. The van der Waals surface area contributed by atoms with Crippen LogP contribution in [0, 0.1) is 5.92 Å². The molecule has 3 atom stereocenters. The number of esters is 1. The van der Waals surface area contributed by atoms with Gasteiger partial charge in [0.05, 0.1) is 7.11 Å². The molecule has 2 N–H and O–H groups in total. The fourth-order valence-electron chi connectivity index (χ4n) is 3.58. The lowest BCUT2D eigenvalue weighted by molar-refractivity contribution is -0.145. The smallest absolute Gasteiger partial charge is 0.328 e. The third kappa shape index (κ3) is 3.56. The van der Waals surface area contributed by atoms with Crippen molar-refractivity contribution in [1.29, 1.82) is 0 Å². The highest BCUT2D eigenvalue weighted by molar-refractivity contribution is 5.89. The Morgan fingerprint density at radius 1 is 1.30 bits per heavy atom. The summed E-state index contributed by atoms with van der Waals surface area (Å²) in [4.78, 5) is 32.2. The van der Waals surface area contributed by atoms with Gasteiger partial charge in [0, 0.05) is 41.8 Å². The molecule has 1 aliphatic rings. The van der Waals surface area contributed by atoms with Crippen molar-refractivity contribution in [2.45, 2.75) is 24.8 Å². The van der Waals surface area contributed by atoms with Gasteiger partial charge in [-0.15, -0.1) is 0 Å². The van der Waals surface area contributed by atoms with E-state index in [-0.39, 0.29) is 17.7 Å². The first-order valence-electron chi connectivity index (χ1n) is 9.00. The molecular formula is C21H21N3O3. The summed E-state index contributed by atoms with van der Waals surface area (Å²) in [6.07, 6.45) is 6.55. The van der Waals surface area contributed by atoms with Gasteiger partial charge >= 0.3 is 5.97 Å².